The van der Waals surface area contributed by atoms with Crippen LogP contribution in [0.3, 0.4) is 0 Å². The van der Waals surface area contributed by atoms with Crippen molar-refractivity contribution >= 4 is 0 Å². The minimum Gasteiger partial charge on any atom is -0.390 e. The van der Waals surface area contributed by atoms with Crippen molar-refractivity contribution in [2.45, 2.75) is 50.2 Å². The Kier molecular flexibility index (Phi) is 1.34. The average Bonchev–Trinajstić information content (AvgIpc) is 1.97. The molecule has 0 aromatic carbocycles. The second-order valence-electron chi connectivity index (χ2n) is 5.79. The largest absolute Gasteiger partial charge is 0.390 e. The minimum atomic E-state index is -0.483. The van der Waals surface area contributed by atoms with Crippen molar-refractivity contribution in [2.24, 2.45) is 17.8 Å². The maximum atomic E-state index is 10.3. The zero-order chi connectivity index (χ0) is 9.27. The summed E-state index contributed by atoms with van der Waals surface area (Å²) in [4.78, 5) is 0. The van der Waals surface area contributed by atoms with E-state index in [1.54, 1.807) is 0 Å². The van der Waals surface area contributed by atoms with Crippen LogP contribution in [0.1, 0.15) is 39.0 Å². The molecule has 0 spiro atoms. The van der Waals surface area contributed by atoms with Crippen LogP contribution in [-0.2, 0) is 0 Å². The molecule has 0 aliphatic heterocycles. The summed E-state index contributed by atoms with van der Waals surface area (Å²) in [6.45, 7) is 1.98. The molecule has 0 radical (unpaired) electrons. The second kappa shape index (κ2) is 2.12. The van der Waals surface area contributed by atoms with Crippen molar-refractivity contribution in [1.29, 1.82) is 0 Å². The Morgan fingerprint density at radius 1 is 1.00 bits per heavy atom. The molecule has 4 aliphatic carbocycles. The van der Waals surface area contributed by atoms with Gasteiger partial charge in [0.1, 0.15) is 0 Å². The molecular formula is C11H18O2. The molecule has 4 bridgehead atoms. The molecule has 74 valence electrons. The highest BCUT2D eigenvalue weighted by molar-refractivity contribution is 5.10. The van der Waals surface area contributed by atoms with Gasteiger partial charge in [0, 0.05) is 0 Å². The van der Waals surface area contributed by atoms with Gasteiger partial charge in [-0.05, 0) is 56.8 Å². The predicted octanol–water partition coefficient (Wildman–Crippen LogP) is 1.31. The summed E-state index contributed by atoms with van der Waals surface area (Å²) in [5.74, 6) is 1.43. The first-order chi connectivity index (χ1) is 6.00. The van der Waals surface area contributed by atoms with Gasteiger partial charge in [-0.2, -0.15) is 0 Å². The normalized spacial score (nSPS) is 64.4. The summed E-state index contributed by atoms with van der Waals surface area (Å²) < 4.78 is 0. The number of hydrogen-bond acceptors (Lipinski definition) is 2. The van der Waals surface area contributed by atoms with E-state index in [4.69, 9.17) is 0 Å². The van der Waals surface area contributed by atoms with Crippen LogP contribution >= 0.6 is 0 Å². The first kappa shape index (κ1) is 8.25. The molecule has 4 aliphatic rings. The van der Waals surface area contributed by atoms with Crippen molar-refractivity contribution in [3.63, 3.8) is 0 Å². The average molecular weight is 182 g/mol. The Morgan fingerprint density at radius 2 is 1.54 bits per heavy atom. The fourth-order valence-electron chi connectivity index (χ4n) is 4.16. The summed E-state index contributed by atoms with van der Waals surface area (Å²) >= 11 is 0. The third kappa shape index (κ3) is 0.962. The summed E-state index contributed by atoms with van der Waals surface area (Å²) in [7, 11) is 0. The van der Waals surface area contributed by atoms with Crippen LogP contribution in [0.2, 0.25) is 0 Å². The van der Waals surface area contributed by atoms with E-state index >= 15 is 0 Å². The van der Waals surface area contributed by atoms with Crippen LogP contribution in [-0.4, -0.2) is 21.4 Å². The molecule has 0 aromatic rings. The fraction of sp³-hybridized carbons (Fsp3) is 1.00. The fourth-order valence-corrected chi connectivity index (χ4v) is 4.16. The van der Waals surface area contributed by atoms with Crippen LogP contribution in [0.4, 0.5) is 0 Å². The van der Waals surface area contributed by atoms with E-state index in [9.17, 15) is 10.2 Å². The minimum absolute atomic E-state index is 0.365. The first-order valence-corrected chi connectivity index (χ1v) is 5.44. The van der Waals surface area contributed by atoms with Gasteiger partial charge in [0.05, 0.1) is 11.2 Å². The molecule has 2 heteroatoms. The smallest absolute Gasteiger partial charge is 0.0678 e. The van der Waals surface area contributed by atoms with E-state index in [0.717, 1.165) is 32.1 Å². The van der Waals surface area contributed by atoms with Gasteiger partial charge in [-0.15, -0.1) is 0 Å². The highest BCUT2D eigenvalue weighted by Gasteiger charge is 2.59. The highest BCUT2D eigenvalue weighted by atomic mass is 16.3. The summed E-state index contributed by atoms with van der Waals surface area (Å²) in [6, 6.07) is 0. The van der Waals surface area contributed by atoms with Crippen molar-refractivity contribution in [3.05, 3.63) is 0 Å². The molecule has 5 atom stereocenters. The lowest BCUT2D eigenvalue weighted by Gasteiger charge is -2.60. The van der Waals surface area contributed by atoms with Gasteiger partial charge in [-0.1, -0.05) is 0 Å². The predicted molar refractivity (Wildman–Crippen MR) is 49.1 cm³/mol. The molecule has 0 amide bonds. The third-order valence-electron chi connectivity index (χ3n) is 4.81. The van der Waals surface area contributed by atoms with Gasteiger partial charge in [-0.3, -0.25) is 0 Å². The third-order valence-corrected chi connectivity index (χ3v) is 4.81. The monoisotopic (exact) mass is 182 g/mol. The van der Waals surface area contributed by atoms with Crippen LogP contribution < -0.4 is 0 Å². The number of aliphatic hydroxyl groups is 2. The maximum absolute atomic E-state index is 10.3. The molecule has 0 aromatic heterocycles. The van der Waals surface area contributed by atoms with Crippen LogP contribution in [0.25, 0.3) is 0 Å². The second-order valence-corrected chi connectivity index (χ2v) is 5.79. The molecule has 13 heavy (non-hydrogen) atoms. The van der Waals surface area contributed by atoms with E-state index in [-0.39, 0.29) is 0 Å². The molecule has 0 saturated heterocycles. The van der Waals surface area contributed by atoms with Gasteiger partial charge in [0.25, 0.3) is 0 Å². The summed E-state index contributed by atoms with van der Waals surface area (Å²) in [6.07, 6.45) is 4.97. The molecule has 2 nitrogen and oxygen atoms in total. The van der Waals surface area contributed by atoms with Gasteiger partial charge in [-0.25, -0.2) is 0 Å². The molecule has 4 fully saturated rings. The zero-order valence-electron chi connectivity index (χ0n) is 8.16. The van der Waals surface area contributed by atoms with Gasteiger partial charge in [0.15, 0.2) is 0 Å². The van der Waals surface area contributed by atoms with Crippen molar-refractivity contribution in [1.82, 2.24) is 0 Å². The van der Waals surface area contributed by atoms with Gasteiger partial charge >= 0.3 is 0 Å². The lowest BCUT2D eigenvalue weighted by Crippen LogP contribution is -2.62. The van der Waals surface area contributed by atoms with Crippen LogP contribution in [0.15, 0.2) is 0 Å². The van der Waals surface area contributed by atoms with E-state index in [2.05, 4.69) is 0 Å². The van der Waals surface area contributed by atoms with Crippen molar-refractivity contribution in [3.8, 4) is 0 Å². The highest BCUT2D eigenvalue weighted by Crippen LogP contribution is 2.59. The van der Waals surface area contributed by atoms with Gasteiger partial charge in [0.2, 0.25) is 0 Å². The van der Waals surface area contributed by atoms with Crippen LogP contribution in [0, 0.1) is 17.8 Å². The zero-order valence-corrected chi connectivity index (χ0v) is 8.16. The van der Waals surface area contributed by atoms with E-state index in [1.807, 2.05) is 6.92 Å². The molecular weight excluding hydrogens is 164 g/mol. The van der Waals surface area contributed by atoms with Gasteiger partial charge < -0.3 is 10.2 Å². The molecule has 2 N–H and O–H groups in total. The maximum Gasteiger partial charge on any atom is 0.0678 e. The lowest BCUT2D eigenvalue weighted by atomic mass is 9.49. The first-order valence-electron chi connectivity index (χ1n) is 5.44. The van der Waals surface area contributed by atoms with Crippen LogP contribution in [0.5, 0.6) is 0 Å². The molecule has 0 heterocycles. The standard InChI is InChI=1S/C11H18O2/c1-10(12)8-2-7-3-9(10)6-11(13,4-7)5-8/h7-9,12-13H,2-6H2,1H3/t7?,8-,9+,10?,11?. The molecule has 4 saturated carbocycles. The summed E-state index contributed by atoms with van der Waals surface area (Å²) in [5, 5.41) is 20.5. The summed E-state index contributed by atoms with van der Waals surface area (Å²) in [5.41, 5.74) is -0.887. The van der Waals surface area contributed by atoms with E-state index in [0.29, 0.717) is 17.8 Å². The number of hydrogen-bond donors (Lipinski definition) is 2. The Hall–Kier alpha value is -0.0800. The number of rotatable bonds is 0. The lowest BCUT2D eigenvalue weighted by molar-refractivity contribution is -0.218. The Labute approximate surface area is 79.0 Å². The Bertz CT molecular complexity index is 228. The van der Waals surface area contributed by atoms with E-state index < -0.39 is 11.2 Å². The van der Waals surface area contributed by atoms with Crippen molar-refractivity contribution < 1.29 is 10.2 Å². The molecule has 4 rings (SSSR count). The van der Waals surface area contributed by atoms with E-state index in [1.165, 1.54) is 0 Å². The Balaban J connectivity index is 1.99. The topological polar surface area (TPSA) is 40.5 Å². The van der Waals surface area contributed by atoms with Crippen molar-refractivity contribution in [2.75, 3.05) is 0 Å². The SMILES string of the molecule is CC1(O)[C@@H]2CC3C[C@H]1CC(O)(C3)C2. The Morgan fingerprint density at radius 3 is 2.00 bits per heavy atom. The quantitative estimate of drug-likeness (QED) is 0.593. The molecule has 3 unspecified atom stereocenters.